The standard InChI is InChI=1S/C21H16N4O/c1-14-11-19(20(13-23)21(26)24-14)16-5-9-18(10-6-16)25(2)17-7-3-15(12-22)4-8-17/h3-11H,1-2H3,(H,24,26). The van der Waals surface area contributed by atoms with Crippen LogP contribution in [0.1, 0.15) is 16.8 Å². The highest BCUT2D eigenvalue weighted by Gasteiger charge is 2.11. The molecule has 1 aromatic heterocycles. The molecular formula is C21H16N4O. The number of aromatic nitrogens is 1. The minimum atomic E-state index is -0.374. The molecule has 0 fully saturated rings. The Kier molecular flexibility index (Phi) is 4.55. The van der Waals surface area contributed by atoms with Gasteiger partial charge in [-0.1, -0.05) is 12.1 Å². The number of pyridine rings is 1. The van der Waals surface area contributed by atoms with Gasteiger partial charge in [-0.05, 0) is 55.0 Å². The number of anilines is 2. The molecule has 2 aromatic carbocycles. The zero-order valence-corrected chi connectivity index (χ0v) is 14.4. The van der Waals surface area contributed by atoms with E-state index in [1.807, 2.05) is 54.4 Å². The van der Waals surface area contributed by atoms with Crippen LogP contribution in [-0.2, 0) is 0 Å². The normalized spacial score (nSPS) is 10.0. The smallest absolute Gasteiger partial charge is 0.266 e. The summed E-state index contributed by atoms with van der Waals surface area (Å²) in [7, 11) is 1.94. The first-order chi connectivity index (χ1) is 12.5. The van der Waals surface area contributed by atoms with E-state index in [4.69, 9.17) is 5.26 Å². The average molecular weight is 340 g/mol. The minimum Gasteiger partial charge on any atom is -0.345 e. The van der Waals surface area contributed by atoms with Crippen molar-refractivity contribution in [2.45, 2.75) is 6.92 Å². The van der Waals surface area contributed by atoms with Crippen molar-refractivity contribution in [1.29, 1.82) is 10.5 Å². The maximum atomic E-state index is 12.0. The molecule has 0 saturated heterocycles. The van der Waals surface area contributed by atoms with Gasteiger partial charge in [-0.15, -0.1) is 0 Å². The average Bonchev–Trinajstić information content (AvgIpc) is 2.67. The lowest BCUT2D eigenvalue weighted by molar-refractivity contribution is 1.13. The number of hydrogen-bond acceptors (Lipinski definition) is 4. The minimum absolute atomic E-state index is 0.115. The van der Waals surface area contributed by atoms with Gasteiger partial charge in [0.2, 0.25) is 0 Å². The molecule has 1 N–H and O–H groups in total. The molecule has 0 spiro atoms. The second kappa shape index (κ2) is 6.96. The van der Waals surface area contributed by atoms with Crippen molar-refractivity contribution >= 4 is 11.4 Å². The largest absolute Gasteiger partial charge is 0.345 e. The summed E-state index contributed by atoms with van der Waals surface area (Å²) in [5.74, 6) is 0. The molecule has 0 aliphatic carbocycles. The van der Waals surface area contributed by atoms with Crippen LogP contribution in [0.25, 0.3) is 11.1 Å². The summed E-state index contributed by atoms with van der Waals surface area (Å²) in [5.41, 5.74) is 4.42. The highest BCUT2D eigenvalue weighted by Crippen LogP contribution is 2.28. The van der Waals surface area contributed by atoms with Crippen molar-refractivity contribution in [2.75, 3.05) is 11.9 Å². The van der Waals surface area contributed by atoms with E-state index in [1.54, 1.807) is 25.1 Å². The fraction of sp³-hybridized carbons (Fsp3) is 0.0952. The molecule has 3 rings (SSSR count). The van der Waals surface area contributed by atoms with Crippen LogP contribution in [0.15, 0.2) is 59.4 Å². The van der Waals surface area contributed by atoms with Gasteiger partial charge >= 0.3 is 0 Å². The van der Waals surface area contributed by atoms with Gasteiger partial charge in [0.15, 0.2) is 0 Å². The second-order valence-corrected chi connectivity index (χ2v) is 5.95. The number of nitrogens with one attached hydrogen (secondary N) is 1. The van der Waals surface area contributed by atoms with Gasteiger partial charge in [0.25, 0.3) is 5.56 Å². The van der Waals surface area contributed by atoms with E-state index in [9.17, 15) is 10.1 Å². The van der Waals surface area contributed by atoms with E-state index in [0.717, 1.165) is 16.9 Å². The summed E-state index contributed by atoms with van der Waals surface area (Å²) in [6, 6.07) is 20.9. The molecule has 1 heterocycles. The van der Waals surface area contributed by atoms with E-state index < -0.39 is 0 Å². The maximum Gasteiger partial charge on any atom is 0.266 e. The number of rotatable bonds is 3. The highest BCUT2D eigenvalue weighted by atomic mass is 16.1. The van der Waals surface area contributed by atoms with E-state index in [-0.39, 0.29) is 11.1 Å². The van der Waals surface area contributed by atoms with Gasteiger partial charge in [0.05, 0.1) is 11.6 Å². The summed E-state index contributed by atoms with van der Waals surface area (Å²) in [4.78, 5) is 16.6. The fourth-order valence-electron chi connectivity index (χ4n) is 2.80. The molecule has 0 unspecified atom stereocenters. The molecule has 0 amide bonds. The highest BCUT2D eigenvalue weighted by molar-refractivity contribution is 5.73. The van der Waals surface area contributed by atoms with Crippen molar-refractivity contribution < 1.29 is 0 Å². The quantitative estimate of drug-likeness (QED) is 0.784. The summed E-state index contributed by atoms with van der Waals surface area (Å²) in [6.07, 6.45) is 0. The topological polar surface area (TPSA) is 83.7 Å². The van der Waals surface area contributed by atoms with E-state index in [1.165, 1.54) is 0 Å². The molecule has 26 heavy (non-hydrogen) atoms. The predicted molar refractivity (Wildman–Crippen MR) is 101 cm³/mol. The van der Waals surface area contributed by atoms with Gasteiger partial charge in [-0.2, -0.15) is 10.5 Å². The summed E-state index contributed by atoms with van der Waals surface area (Å²) in [6.45, 7) is 1.79. The molecule has 5 nitrogen and oxygen atoms in total. The number of hydrogen-bond donors (Lipinski definition) is 1. The summed E-state index contributed by atoms with van der Waals surface area (Å²) >= 11 is 0. The second-order valence-electron chi connectivity index (χ2n) is 5.95. The Morgan fingerprint density at radius 2 is 1.50 bits per heavy atom. The summed E-state index contributed by atoms with van der Waals surface area (Å²) < 4.78 is 0. The van der Waals surface area contributed by atoms with Gasteiger partial charge in [-0.3, -0.25) is 4.79 Å². The van der Waals surface area contributed by atoms with Gasteiger partial charge in [-0.25, -0.2) is 0 Å². The van der Waals surface area contributed by atoms with Gasteiger partial charge < -0.3 is 9.88 Å². The van der Waals surface area contributed by atoms with Crippen molar-refractivity contribution in [1.82, 2.24) is 4.98 Å². The van der Waals surface area contributed by atoms with Gasteiger partial charge in [0, 0.05) is 29.7 Å². The van der Waals surface area contributed by atoms with Crippen LogP contribution in [0.5, 0.6) is 0 Å². The number of benzene rings is 2. The number of aryl methyl sites for hydroxylation is 1. The van der Waals surface area contributed by atoms with E-state index >= 15 is 0 Å². The Balaban J connectivity index is 1.95. The molecule has 0 bridgehead atoms. The first-order valence-corrected chi connectivity index (χ1v) is 8.02. The third-order valence-corrected chi connectivity index (χ3v) is 4.23. The lowest BCUT2D eigenvalue weighted by Gasteiger charge is -2.20. The van der Waals surface area contributed by atoms with Crippen LogP contribution < -0.4 is 10.5 Å². The Morgan fingerprint density at radius 3 is 2.04 bits per heavy atom. The van der Waals surface area contributed by atoms with E-state index in [0.29, 0.717) is 16.8 Å². The molecule has 0 aliphatic heterocycles. The molecular weight excluding hydrogens is 324 g/mol. The van der Waals surface area contributed by atoms with E-state index in [2.05, 4.69) is 11.1 Å². The van der Waals surface area contributed by atoms with Crippen molar-refractivity contribution in [3.63, 3.8) is 0 Å². The first kappa shape index (κ1) is 17.0. The Hall–Kier alpha value is -3.83. The number of aromatic amines is 1. The first-order valence-electron chi connectivity index (χ1n) is 8.02. The SMILES string of the molecule is Cc1cc(-c2ccc(N(C)c3ccc(C#N)cc3)cc2)c(C#N)c(=O)[nH]1. The molecule has 3 aromatic rings. The zero-order chi connectivity index (χ0) is 18.7. The van der Waals surface area contributed by atoms with Crippen molar-refractivity contribution in [3.05, 3.63) is 81.8 Å². The number of nitriles is 2. The lowest BCUT2D eigenvalue weighted by atomic mass is 10.0. The number of H-pyrrole nitrogens is 1. The van der Waals surface area contributed by atoms with Crippen LogP contribution in [0.4, 0.5) is 11.4 Å². The number of nitrogens with zero attached hydrogens (tertiary/aromatic N) is 3. The Bertz CT molecular complexity index is 1080. The molecule has 0 radical (unpaired) electrons. The molecule has 5 heteroatoms. The predicted octanol–water partition coefficient (Wildman–Crippen LogP) is 3.86. The van der Waals surface area contributed by atoms with Crippen LogP contribution in [0.2, 0.25) is 0 Å². The van der Waals surface area contributed by atoms with Crippen LogP contribution in [0, 0.1) is 29.6 Å². The van der Waals surface area contributed by atoms with Crippen LogP contribution in [-0.4, -0.2) is 12.0 Å². The monoisotopic (exact) mass is 340 g/mol. The Morgan fingerprint density at radius 1 is 0.923 bits per heavy atom. The molecule has 0 aliphatic rings. The lowest BCUT2D eigenvalue weighted by Crippen LogP contribution is -2.13. The third kappa shape index (κ3) is 3.19. The third-order valence-electron chi connectivity index (χ3n) is 4.23. The molecule has 126 valence electrons. The summed E-state index contributed by atoms with van der Waals surface area (Å²) in [5, 5.41) is 18.2. The van der Waals surface area contributed by atoms with Crippen LogP contribution >= 0.6 is 0 Å². The van der Waals surface area contributed by atoms with Crippen LogP contribution in [0.3, 0.4) is 0 Å². The molecule has 0 saturated carbocycles. The van der Waals surface area contributed by atoms with Gasteiger partial charge in [0.1, 0.15) is 11.6 Å². The fourth-order valence-corrected chi connectivity index (χ4v) is 2.80. The zero-order valence-electron chi connectivity index (χ0n) is 14.4. The maximum absolute atomic E-state index is 12.0. The molecule has 0 atom stereocenters. The van der Waals surface area contributed by atoms with Crippen molar-refractivity contribution in [2.24, 2.45) is 0 Å². The Labute approximate surface area is 151 Å². The van der Waals surface area contributed by atoms with Crippen molar-refractivity contribution in [3.8, 4) is 23.3 Å².